The number of methoxy groups -OCH3 is 1. The Morgan fingerprint density at radius 1 is 1.25 bits per heavy atom. The number of anilines is 2. The van der Waals surface area contributed by atoms with Gasteiger partial charge in [-0.3, -0.25) is 4.79 Å². The highest BCUT2D eigenvalue weighted by Gasteiger charge is 2.19. The van der Waals surface area contributed by atoms with Crippen molar-refractivity contribution in [3.05, 3.63) is 18.2 Å². The fourth-order valence-electron chi connectivity index (χ4n) is 1.91. The highest BCUT2D eigenvalue weighted by molar-refractivity contribution is 7.89. The molecule has 8 nitrogen and oxygen atoms in total. The first-order valence-corrected chi connectivity index (χ1v) is 9.06. The van der Waals surface area contributed by atoms with E-state index in [0.717, 1.165) is 4.31 Å². The van der Waals surface area contributed by atoms with E-state index in [0.29, 0.717) is 31.1 Å². The number of nitrogens with one attached hydrogen (secondary N) is 3. The van der Waals surface area contributed by atoms with Crippen molar-refractivity contribution in [3.8, 4) is 0 Å². The van der Waals surface area contributed by atoms with Gasteiger partial charge in [0.2, 0.25) is 15.9 Å². The van der Waals surface area contributed by atoms with Crippen molar-refractivity contribution in [1.29, 1.82) is 0 Å². The highest BCUT2D eigenvalue weighted by atomic mass is 32.2. The molecule has 1 aromatic rings. The summed E-state index contributed by atoms with van der Waals surface area (Å²) in [4.78, 5) is 12.1. The molecule has 0 heterocycles. The summed E-state index contributed by atoms with van der Waals surface area (Å²) in [6, 6.07) is 4.62. The molecule has 1 aromatic carbocycles. The molecule has 0 atom stereocenters. The number of rotatable bonds is 10. The van der Waals surface area contributed by atoms with Crippen LogP contribution in [0, 0.1) is 0 Å². The van der Waals surface area contributed by atoms with Gasteiger partial charge in [-0.2, -0.15) is 0 Å². The normalized spacial score (nSPS) is 11.5. The second-order valence-electron chi connectivity index (χ2n) is 5.24. The van der Waals surface area contributed by atoms with Crippen LogP contribution in [0.15, 0.2) is 23.1 Å². The number of benzene rings is 1. The Balaban J connectivity index is 2.95. The van der Waals surface area contributed by atoms with Crippen LogP contribution in [-0.2, 0) is 19.6 Å². The molecule has 0 unspecified atom stereocenters. The van der Waals surface area contributed by atoms with Gasteiger partial charge < -0.3 is 20.7 Å². The number of carbonyl (C=O) groups excluding carboxylic acids is 1. The van der Waals surface area contributed by atoms with Crippen molar-refractivity contribution in [3.63, 3.8) is 0 Å². The van der Waals surface area contributed by atoms with Crippen LogP contribution in [-0.4, -0.2) is 66.1 Å². The molecule has 0 aliphatic carbocycles. The van der Waals surface area contributed by atoms with E-state index in [-0.39, 0.29) is 17.3 Å². The van der Waals surface area contributed by atoms with Gasteiger partial charge in [0.05, 0.1) is 29.4 Å². The predicted octanol–water partition coefficient (Wildman–Crippen LogP) is 0.543. The molecular formula is C15H26N4O4S. The van der Waals surface area contributed by atoms with Gasteiger partial charge in [0.15, 0.2) is 0 Å². The van der Waals surface area contributed by atoms with E-state index >= 15 is 0 Å². The minimum atomic E-state index is -3.57. The maximum Gasteiger partial charge on any atom is 0.242 e. The molecule has 0 aliphatic heterocycles. The van der Waals surface area contributed by atoms with Crippen molar-refractivity contribution in [2.75, 3.05) is 58.1 Å². The summed E-state index contributed by atoms with van der Waals surface area (Å²) in [5.74, 6) is -0.260. The van der Waals surface area contributed by atoms with Gasteiger partial charge in [-0.25, -0.2) is 12.7 Å². The average Bonchev–Trinajstić information content (AvgIpc) is 2.53. The Morgan fingerprint density at radius 2 is 1.96 bits per heavy atom. The lowest BCUT2D eigenvalue weighted by atomic mass is 10.2. The van der Waals surface area contributed by atoms with E-state index < -0.39 is 10.0 Å². The molecule has 1 amide bonds. The Bertz CT molecular complexity index is 647. The van der Waals surface area contributed by atoms with E-state index in [1.54, 1.807) is 13.2 Å². The van der Waals surface area contributed by atoms with Crippen molar-refractivity contribution in [2.45, 2.75) is 11.8 Å². The third-order valence-electron chi connectivity index (χ3n) is 3.18. The number of hydrogen-bond donors (Lipinski definition) is 3. The average molecular weight is 358 g/mol. The Kier molecular flexibility index (Phi) is 8.13. The maximum absolute atomic E-state index is 12.2. The lowest BCUT2D eigenvalue weighted by molar-refractivity contribution is -0.115. The highest BCUT2D eigenvalue weighted by Crippen LogP contribution is 2.26. The number of ether oxygens (including phenoxy) is 1. The van der Waals surface area contributed by atoms with Crippen LogP contribution in [0.5, 0.6) is 0 Å². The SMILES string of the molecule is CCNc1ccc(S(=O)(=O)N(C)C)cc1NC(=O)CNCCOC. The van der Waals surface area contributed by atoms with Gasteiger partial charge in [0, 0.05) is 34.3 Å². The molecule has 0 saturated carbocycles. The zero-order chi connectivity index (χ0) is 18.2. The smallest absolute Gasteiger partial charge is 0.242 e. The van der Waals surface area contributed by atoms with Crippen LogP contribution in [0.2, 0.25) is 0 Å². The van der Waals surface area contributed by atoms with Crippen LogP contribution in [0.4, 0.5) is 11.4 Å². The summed E-state index contributed by atoms with van der Waals surface area (Å²) in [5, 5.41) is 8.78. The number of hydrogen-bond acceptors (Lipinski definition) is 6. The zero-order valence-corrected chi connectivity index (χ0v) is 15.4. The fraction of sp³-hybridized carbons (Fsp3) is 0.533. The van der Waals surface area contributed by atoms with Crippen molar-refractivity contribution < 1.29 is 17.9 Å². The van der Waals surface area contributed by atoms with E-state index in [4.69, 9.17) is 4.74 Å². The first kappa shape index (κ1) is 20.4. The predicted molar refractivity (Wildman–Crippen MR) is 94.9 cm³/mol. The van der Waals surface area contributed by atoms with Crippen molar-refractivity contribution in [2.24, 2.45) is 0 Å². The zero-order valence-electron chi connectivity index (χ0n) is 14.5. The first-order chi connectivity index (χ1) is 11.3. The lowest BCUT2D eigenvalue weighted by Gasteiger charge is -2.16. The molecule has 0 saturated heterocycles. The van der Waals surface area contributed by atoms with Crippen LogP contribution in [0.1, 0.15) is 6.92 Å². The lowest BCUT2D eigenvalue weighted by Crippen LogP contribution is -2.30. The Morgan fingerprint density at radius 3 is 2.54 bits per heavy atom. The van der Waals surface area contributed by atoms with E-state index in [2.05, 4.69) is 16.0 Å². The molecule has 24 heavy (non-hydrogen) atoms. The molecule has 3 N–H and O–H groups in total. The molecule has 1 rings (SSSR count). The minimum Gasteiger partial charge on any atom is -0.384 e. The largest absolute Gasteiger partial charge is 0.384 e. The van der Waals surface area contributed by atoms with E-state index in [9.17, 15) is 13.2 Å². The third kappa shape index (κ3) is 5.75. The van der Waals surface area contributed by atoms with Gasteiger partial charge in [-0.15, -0.1) is 0 Å². The van der Waals surface area contributed by atoms with Crippen LogP contribution < -0.4 is 16.0 Å². The number of nitrogens with zero attached hydrogens (tertiary/aromatic N) is 1. The molecule has 0 aliphatic rings. The molecule has 0 fully saturated rings. The third-order valence-corrected chi connectivity index (χ3v) is 4.99. The second-order valence-corrected chi connectivity index (χ2v) is 7.39. The van der Waals surface area contributed by atoms with Crippen LogP contribution in [0.3, 0.4) is 0 Å². The summed E-state index contributed by atoms with van der Waals surface area (Å²) in [6.45, 7) is 3.74. The Labute approximate surface area is 143 Å². The van der Waals surface area contributed by atoms with Gasteiger partial charge in [-0.05, 0) is 25.1 Å². The van der Waals surface area contributed by atoms with Gasteiger partial charge >= 0.3 is 0 Å². The molecular weight excluding hydrogens is 332 g/mol. The maximum atomic E-state index is 12.2. The van der Waals surface area contributed by atoms with Gasteiger partial charge in [0.25, 0.3) is 0 Å². The Hall–Kier alpha value is -1.68. The summed E-state index contributed by atoms with van der Waals surface area (Å²) in [5.41, 5.74) is 1.10. The minimum absolute atomic E-state index is 0.111. The van der Waals surface area contributed by atoms with E-state index in [1.165, 1.54) is 26.2 Å². The summed E-state index contributed by atoms with van der Waals surface area (Å²) < 4.78 is 30.5. The molecule has 0 spiro atoms. The quantitative estimate of drug-likeness (QED) is 0.528. The fourth-order valence-corrected chi connectivity index (χ4v) is 2.84. The standard InChI is InChI=1S/C15H26N4O4S/c1-5-17-13-7-6-12(24(21,22)19(2)3)10-14(13)18-15(20)11-16-8-9-23-4/h6-7,10,16-17H,5,8-9,11H2,1-4H3,(H,18,20). The summed E-state index contributed by atoms with van der Waals surface area (Å²) in [7, 11) is 0.943. The summed E-state index contributed by atoms with van der Waals surface area (Å²) >= 11 is 0. The van der Waals surface area contributed by atoms with Crippen LogP contribution >= 0.6 is 0 Å². The molecule has 9 heteroatoms. The topological polar surface area (TPSA) is 99.8 Å². The molecule has 0 aromatic heterocycles. The number of amides is 1. The monoisotopic (exact) mass is 358 g/mol. The molecule has 0 bridgehead atoms. The van der Waals surface area contributed by atoms with Crippen molar-refractivity contribution >= 4 is 27.3 Å². The van der Waals surface area contributed by atoms with E-state index in [1.807, 2.05) is 6.92 Å². The van der Waals surface area contributed by atoms with Crippen LogP contribution in [0.25, 0.3) is 0 Å². The number of sulfonamides is 1. The molecule has 0 radical (unpaired) electrons. The number of carbonyl (C=O) groups is 1. The first-order valence-electron chi connectivity index (χ1n) is 7.62. The molecule has 136 valence electrons. The summed E-state index contributed by atoms with van der Waals surface area (Å²) in [6.07, 6.45) is 0. The second kappa shape index (κ2) is 9.58. The van der Waals surface area contributed by atoms with Gasteiger partial charge in [-0.1, -0.05) is 0 Å². The van der Waals surface area contributed by atoms with Crippen molar-refractivity contribution in [1.82, 2.24) is 9.62 Å². The van der Waals surface area contributed by atoms with Gasteiger partial charge in [0.1, 0.15) is 0 Å².